The Labute approximate surface area is 418 Å². The number of halogens is 6. The van der Waals surface area contributed by atoms with Gasteiger partial charge in [-0.3, -0.25) is 14.9 Å². The Hall–Kier alpha value is -5.43. The van der Waals surface area contributed by atoms with Gasteiger partial charge in [0, 0.05) is 91.6 Å². The number of carbonyl (C=O) groups excluding carboxylic acids is 2. The van der Waals surface area contributed by atoms with Gasteiger partial charge in [0.25, 0.3) is 0 Å². The summed E-state index contributed by atoms with van der Waals surface area (Å²) in [7, 11) is -1.44. The number of rotatable bonds is 17. The maximum atomic E-state index is 15.1. The molecule has 3 aliphatic rings. The number of benzene rings is 3. The van der Waals surface area contributed by atoms with E-state index in [1.165, 1.54) is 24.3 Å². The molecule has 3 aromatic carbocycles. The van der Waals surface area contributed by atoms with Crippen LogP contribution in [0.3, 0.4) is 0 Å². The average molecular weight is 1070 g/mol. The average Bonchev–Trinajstić information content (AvgIpc) is 3.33. The van der Waals surface area contributed by atoms with E-state index in [0.29, 0.717) is 68.8 Å². The number of nitrogens with zero attached hydrogens (tertiary/aromatic N) is 5. The molecule has 1 unspecified atom stereocenters. The van der Waals surface area contributed by atoms with Crippen LogP contribution in [0.5, 0.6) is 5.75 Å². The molecule has 0 bridgehead atoms. The Morgan fingerprint density at radius 2 is 1.59 bits per heavy atom. The number of aromatic nitrogens is 3. The van der Waals surface area contributed by atoms with Crippen LogP contribution in [0.25, 0.3) is 10.9 Å². The van der Waals surface area contributed by atoms with Crippen molar-refractivity contribution in [2.45, 2.75) is 76.4 Å². The number of hydrogen-bond acceptors (Lipinski definition) is 13. The molecule has 0 radical (unpaired) electrons. The van der Waals surface area contributed by atoms with Gasteiger partial charge in [0.1, 0.15) is 36.0 Å². The zero-order valence-electron chi connectivity index (χ0n) is 40.1. The number of anilines is 6. The third-order valence-electron chi connectivity index (χ3n) is 13.6. The summed E-state index contributed by atoms with van der Waals surface area (Å²) in [5, 5.41) is 16.7. The lowest BCUT2D eigenvalue weighted by molar-refractivity contribution is -0.141. The lowest BCUT2D eigenvalue weighted by Gasteiger charge is -2.35. The molecule has 2 aromatic heterocycles. The standard InChI is InChI=1S/C50H59BrF5N10O4P/c1-5-30-24-40(62-49-59-28-35(51)47(64-49)61-39-9-8-38-33(46(39)71(3,4)69)6-10-43(60-38)50(54,55)56)42(70-2)27-41(30)66-22-15-31(16-23-66)58-19-18-57-17-12-29-13-20-65(21-14-29)32-25-36(52)45(37(53)26-32)34-7-11-44(67)63-48(34)68/h6,8-10,24-29,31,34,57-58H,5,7,11-23H2,1-4H3,(H,63,67,68)(H2,59,61,62,64). The van der Waals surface area contributed by atoms with Gasteiger partial charge < -0.3 is 40.4 Å². The van der Waals surface area contributed by atoms with Crippen LogP contribution in [0.4, 0.5) is 56.5 Å². The number of aryl methyl sites for hydroxylation is 1. The first-order valence-corrected chi connectivity index (χ1v) is 27.4. The maximum absolute atomic E-state index is 15.1. The maximum Gasteiger partial charge on any atom is 0.433 e. The van der Waals surface area contributed by atoms with E-state index in [0.717, 1.165) is 88.6 Å². The van der Waals surface area contributed by atoms with E-state index >= 15 is 8.78 Å². The number of imide groups is 1. The second-order valence-electron chi connectivity index (χ2n) is 18.8. The zero-order valence-corrected chi connectivity index (χ0v) is 42.6. The number of carbonyl (C=O) groups is 2. The Balaban J connectivity index is 0.796. The first-order valence-electron chi connectivity index (χ1n) is 24.0. The van der Waals surface area contributed by atoms with Gasteiger partial charge in [0.2, 0.25) is 17.8 Å². The van der Waals surface area contributed by atoms with Crippen molar-refractivity contribution in [3.8, 4) is 5.75 Å². The second kappa shape index (κ2) is 22.1. The Bertz CT molecular complexity index is 2800. The van der Waals surface area contributed by atoms with Crippen molar-refractivity contribution in [2.24, 2.45) is 5.92 Å². The number of ether oxygens (including phenoxy) is 1. The highest BCUT2D eigenvalue weighted by Gasteiger charge is 2.35. The molecular formula is C50H59BrF5N10O4P. The van der Waals surface area contributed by atoms with Gasteiger partial charge in [0.15, 0.2) is 0 Å². The van der Waals surface area contributed by atoms with Crippen molar-refractivity contribution in [2.75, 3.05) is 86.7 Å². The van der Waals surface area contributed by atoms with Crippen molar-refractivity contribution in [3.05, 3.63) is 87.7 Å². The van der Waals surface area contributed by atoms with Crippen molar-refractivity contribution >= 4 is 85.6 Å². The molecule has 380 valence electrons. The van der Waals surface area contributed by atoms with Gasteiger partial charge in [-0.1, -0.05) is 6.92 Å². The van der Waals surface area contributed by atoms with E-state index in [1.54, 1.807) is 32.7 Å². The minimum Gasteiger partial charge on any atom is -0.494 e. The highest BCUT2D eigenvalue weighted by atomic mass is 79.9. The molecule has 1 atom stereocenters. The molecule has 14 nitrogen and oxygen atoms in total. The zero-order chi connectivity index (χ0) is 50.6. The number of hydrogen-bond donors (Lipinski definition) is 5. The minimum absolute atomic E-state index is 0.0538. The molecule has 0 aliphatic carbocycles. The predicted molar refractivity (Wildman–Crippen MR) is 272 cm³/mol. The molecule has 5 aromatic rings. The van der Waals surface area contributed by atoms with Crippen LogP contribution < -0.4 is 46.4 Å². The molecule has 8 rings (SSSR count). The normalized spacial score (nSPS) is 17.5. The molecule has 0 spiro atoms. The summed E-state index contributed by atoms with van der Waals surface area (Å²) in [6.45, 7) is 10.9. The fourth-order valence-corrected chi connectivity index (χ4v) is 11.7. The summed E-state index contributed by atoms with van der Waals surface area (Å²) in [5.74, 6) is -1.88. The second-order valence-corrected chi connectivity index (χ2v) is 22.8. The Morgan fingerprint density at radius 3 is 2.25 bits per heavy atom. The van der Waals surface area contributed by atoms with Crippen LogP contribution in [-0.2, 0) is 26.8 Å². The van der Waals surface area contributed by atoms with E-state index in [4.69, 9.17) is 9.72 Å². The van der Waals surface area contributed by atoms with Crippen LogP contribution in [0.2, 0.25) is 0 Å². The summed E-state index contributed by atoms with van der Waals surface area (Å²) in [6.07, 6.45) is 2.69. The third kappa shape index (κ3) is 12.3. The molecule has 0 saturated carbocycles. The number of piperidine rings is 3. The van der Waals surface area contributed by atoms with Crippen LogP contribution in [0.1, 0.15) is 74.6 Å². The Morgan fingerprint density at radius 1 is 0.873 bits per heavy atom. The fraction of sp³-hybridized carbons (Fsp3) is 0.460. The van der Waals surface area contributed by atoms with Gasteiger partial charge in [-0.2, -0.15) is 18.2 Å². The molecule has 3 saturated heterocycles. The number of nitrogens with one attached hydrogen (secondary N) is 5. The lowest BCUT2D eigenvalue weighted by atomic mass is 9.89. The lowest BCUT2D eigenvalue weighted by Crippen LogP contribution is -2.44. The molecule has 71 heavy (non-hydrogen) atoms. The van der Waals surface area contributed by atoms with Crippen molar-refractivity contribution in [1.82, 2.24) is 30.9 Å². The topological polar surface area (TPSA) is 166 Å². The first kappa shape index (κ1) is 51.9. The molecule has 2 amide bonds. The largest absolute Gasteiger partial charge is 0.494 e. The molecule has 21 heteroatoms. The van der Waals surface area contributed by atoms with E-state index in [-0.39, 0.29) is 29.9 Å². The SMILES string of the molecule is CCc1cc(Nc2ncc(Br)c(Nc3ccc4nc(C(F)(F)F)ccc4c3P(C)(C)=O)n2)c(OC)cc1N1CCC(NCCNCCC2CCN(c3cc(F)c(C4CCC(=O)NC4=O)c(F)c3)CC2)CC1. The first-order chi connectivity index (χ1) is 33.9. The fourth-order valence-electron chi connectivity index (χ4n) is 9.90. The van der Waals surface area contributed by atoms with Gasteiger partial charge in [0.05, 0.1) is 34.4 Å². The number of amides is 2. The molecule has 5 N–H and O–H groups in total. The predicted octanol–water partition coefficient (Wildman–Crippen LogP) is 9.37. The number of methoxy groups -OCH3 is 1. The summed E-state index contributed by atoms with van der Waals surface area (Å²) in [4.78, 5) is 41.2. The Kier molecular flexibility index (Phi) is 16.2. The third-order valence-corrected chi connectivity index (χ3v) is 15.8. The van der Waals surface area contributed by atoms with E-state index < -0.39 is 48.4 Å². The summed E-state index contributed by atoms with van der Waals surface area (Å²) in [5.41, 5.74) is 2.58. The van der Waals surface area contributed by atoms with E-state index in [1.807, 2.05) is 17.0 Å². The molecular weight excluding hydrogens is 1010 g/mol. The van der Waals surface area contributed by atoms with Gasteiger partial charge in [-0.15, -0.1) is 0 Å². The summed E-state index contributed by atoms with van der Waals surface area (Å²) < 4.78 is 90.7. The van der Waals surface area contributed by atoms with Gasteiger partial charge in [-0.05, 0) is 135 Å². The van der Waals surface area contributed by atoms with Crippen molar-refractivity contribution in [3.63, 3.8) is 0 Å². The van der Waals surface area contributed by atoms with Crippen LogP contribution >= 0.6 is 23.1 Å². The summed E-state index contributed by atoms with van der Waals surface area (Å²) >= 11 is 3.51. The van der Waals surface area contributed by atoms with Gasteiger partial charge in [-0.25, -0.2) is 18.7 Å². The highest BCUT2D eigenvalue weighted by Crippen LogP contribution is 2.43. The minimum atomic E-state index is -4.62. The monoisotopic (exact) mass is 1070 g/mol. The molecule has 5 heterocycles. The van der Waals surface area contributed by atoms with E-state index in [2.05, 4.69) is 64.3 Å². The van der Waals surface area contributed by atoms with Gasteiger partial charge >= 0.3 is 6.18 Å². The van der Waals surface area contributed by atoms with Crippen LogP contribution in [0.15, 0.2) is 59.2 Å². The highest BCUT2D eigenvalue weighted by molar-refractivity contribution is 9.10. The quantitative estimate of drug-likeness (QED) is 0.0259. The summed E-state index contributed by atoms with van der Waals surface area (Å²) in [6, 6.07) is 12.3. The van der Waals surface area contributed by atoms with Crippen molar-refractivity contribution in [1.29, 1.82) is 0 Å². The van der Waals surface area contributed by atoms with Crippen molar-refractivity contribution < 1.29 is 40.8 Å². The van der Waals surface area contributed by atoms with E-state index in [9.17, 15) is 27.3 Å². The number of pyridine rings is 1. The van der Waals surface area contributed by atoms with Crippen LogP contribution in [0, 0.1) is 17.6 Å². The smallest absolute Gasteiger partial charge is 0.433 e. The molecule has 3 aliphatic heterocycles. The number of fused-ring (bicyclic) bond motifs is 1. The molecule has 3 fully saturated rings. The number of alkyl halides is 3. The van der Waals surface area contributed by atoms with Crippen LogP contribution in [-0.4, -0.2) is 99.1 Å².